The standard InChI is InChI=1S/C20H20F2N4O4.C2HF3O2/c1-11-8-16(30-10-13-14(21)4-3-5-15(13)22)18-25-12(2)17(26(18)9-11)19(27)23-6-7-24-20(28)29;3-2(4,5)1(6)7/h3-5,8-9,24H,6-7,10H2,1-2H3,(H,23,27)(H,28,29);(H,6,7). The minimum absolute atomic E-state index is 0.0540. The van der Waals surface area contributed by atoms with Gasteiger partial charge in [-0.1, -0.05) is 6.07 Å². The number of aromatic nitrogens is 2. The maximum Gasteiger partial charge on any atom is 0.490 e. The average molecular weight is 532 g/mol. The lowest BCUT2D eigenvalue weighted by atomic mass is 10.2. The third-order valence-corrected chi connectivity index (χ3v) is 4.58. The zero-order valence-corrected chi connectivity index (χ0v) is 19.3. The van der Waals surface area contributed by atoms with Crippen LogP contribution in [0.25, 0.3) is 5.65 Å². The largest absolute Gasteiger partial charge is 0.490 e. The molecule has 0 saturated carbocycles. The van der Waals surface area contributed by atoms with Crippen LogP contribution < -0.4 is 15.4 Å². The Morgan fingerprint density at radius 3 is 2.16 bits per heavy atom. The number of amides is 2. The van der Waals surface area contributed by atoms with E-state index >= 15 is 0 Å². The Labute approximate surface area is 205 Å². The highest BCUT2D eigenvalue weighted by Gasteiger charge is 2.38. The molecule has 37 heavy (non-hydrogen) atoms. The van der Waals surface area contributed by atoms with Crippen molar-refractivity contribution < 1.29 is 51.3 Å². The fraction of sp³-hybridized carbons (Fsp3) is 0.273. The van der Waals surface area contributed by atoms with Crippen molar-refractivity contribution in [3.63, 3.8) is 0 Å². The summed E-state index contributed by atoms with van der Waals surface area (Å²) in [4.78, 5) is 36.3. The van der Waals surface area contributed by atoms with E-state index in [1.54, 1.807) is 26.1 Å². The first kappa shape index (κ1) is 28.8. The van der Waals surface area contributed by atoms with Crippen LogP contribution in [-0.4, -0.2) is 56.8 Å². The van der Waals surface area contributed by atoms with Gasteiger partial charge in [0.2, 0.25) is 0 Å². The van der Waals surface area contributed by atoms with Crippen LogP contribution in [-0.2, 0) is 11.4 Å². The zero-order chi connectivity index (χ0) is 27.9. The predicted octanol–water partition coefficient (Wildman–Crippen LogP) is 3.44. The zero-order valence-electron chi connectivity index (χ0n) is 19.3. The number of hydrogen-bond acceptors (Lipinski definition) is 5. The molecule has 0 aliphatic rings. The van der Waals surface area contributed by atoms with Crippen molar-refractivity contribution in [1.82, 2.24) is 20.0 Å². The van der Waals surface area contributed by atoms with E-state index in [2.05, 4.69) is 15.6 Å². The van der Waals surface area contributed by atoms with Gasteiger partial charge < -0.3 is 25.6 Å². The van der Waals surface area contributed by atoms with Crippen molar-refractivity contribution in [1.29, 1.82) is 0 Å². The molecule has 4 N–H and O–H groups in total. The lowest BCUT2D eigenvalue weighted by molar-refractivity contribution is -0.192. The number of nitrogens with one attached hydrogen (secondary N) is 2. The number of benzene rings is 1. The van der Waals surface area contributed by atoms with Gasteiger partial charge in [-0.05, 0) is 37.6 Å². The molecule has 2 heterocycles. The van der Waals surface area contributed by atoms with Crippen LogP contribution >= 0.6 is 0 Å². The number of carbonyl (C=O) groups is 3. The molecule has 0 aliphatic heterocycles. The summed E-state index contributed by atoms with van der Waals surface area (Å²) in [6, 6.07) is 5.23. The van der Waals surface area contributed by atoms with Crippen LogP contribution in [0.2, 0.25) is 0 Å². The Kier molecular flexibility index (Phi) is 9.35. The van der Waals surface area contributed by atoms with Crippen LogP contribution in [0.4, 0.5) is 26.7 Å². The molecule has 0 radical (unpaired) electrons. The molecule has 0 saturated heterocycles. The normalized spacial score (nSPS) is 10.9. The molecular weight excluding hydrogens is 511 g/mol. The first-order valence-electron chi connectivity index (χ1n) is 10.3. The van der Waals surface area contributed by atoms with E-state index in [1.165, 1.54) is 10.5 Å². The molecule has 0 atom stereocenters. The van der Waals surface area contributed by atoms with E-state index in [0.29, 0.717) is 11.3 Å². The molecule has 0 fully saturated rings. The molecule has 0 spiro atoms. The topological polar surface area (TPSA) is 142 Å². The average Bonchev–Trinajstić information content (AvgIpc) is 3.11. The molecule has 15 heteroatoms. The molecule has 3 aromatic rings. The summed E-state index contributed by atoms with van der Waals surface area (Å²) in [5, 5.41) is 20.5. The fourth-order valence-corrected chi connectivity index (χ4v) is 2.99. The number of carboxylic acids is 1. The molecule has 0 bridgehead atoms. The number of carboxylic acid groups (broad SMARTS) is 2. The van der Waals surface area contributed by atoms with Crippen molar-refractivity contribution in [3.05, 3.63) is 64.6 Å². The fourth-order valence-electron chi connectivity index (χ4n) is 2.99. The van der Waals surface area contributed by atoms with Gasteiger partial charge in [0.25, 0.3) is 5.91 Å². The third kappa shape index (κ3) is 7.78. The molecule has 0 aliphatic carbocycles. The van der Waals surface area contributed by atoms with Gasteiger partial charge in [-0.15, -0.1) is 0 Å². The van der Waals surface area contributed by atoms with E-state index in [4.69, 9.17) is 19.7 Å². The van der Waals surface area contributed by atoms with Crippen molar-refractivity contribution in [2.75, 3.05) is 13.1 Å². The van der Waals surface area contributed by atoms with Crippen LogP contribution in [0, 0.1) is 25.5 Å². The summed E-state index contributed by atoms with van der Waals surface area (Å²) >= 11 is 0. The van der Waals surface area contributed by atoms with Gasteiger partial charge in [0.1, 0.15) is 23.9 Å². The molecule has 2 aromatic heterocycles. The lowest BCUT2D eigenvalue weighted by Gasteiger charge is -2.11. The predicted molar refractivity (Wildman–Crippen MR) is 117 cm³/mol. The number of aryl methyl sites for hydroxylation is 2. The van der Waals surface area contributed by atoms with Crippen molar-refractivity contribution in [2.45, 2.75) is 26.6 Å². The van der Waals surface area contributed by atoms with Crippen LogP contribution in [0.1, 0.15) is 27.3 Å². The van der Waals surface area contributed by atoms with E-state index in [0.717, 1.165) is 17.7 Å². The van der Waals surface area contributed by atoms with Gasteiger partial charge in [0, 0.05) is 19.3 Å². The smallest absolute Gasteiger partial charge is 0.485 e. The Hall–Kier alpha value is -4.43. The Morgan fingerprint density at radius 1 is 1.05 bits per heavy atom. The van der Waals surface area contributed by atoms with Gasteiger partial charge in [-0.2, -0.15) is 13.2 Å². The number of nitrogens with zero attached hydrogens (tertiary/aromatic N) is 2. The summed E-state index contributed by atoms with van der Waals surface area (Å²) in [5.74, 6) is -4.36. The number of halogens is 5. The molecule has 0 unspecified atom stereocenters. The van der Waals surface area contributed by atoms with E-state index in [-0.39, 0.29) is 36.7 Å². The highest BCUT2D eigenvalue weighted by atomic mass is 19.4. The quantitative estimate of drug-likeness (QED) is 0.270. The second kappa shape index (κ2) is 12.0. The van der Waals surface area contributed by atoms with E-state index < -0.39 is 35.8 Å². The number of imidazole rings is 1. The number of pyridine rings is 1. The molecular formula is C22H21F5N4O6. The van der Waals surface area contributed by atoms with Crippen LogP contribution in [0.5, 0.6) is 5.75 Å². The van der Waals surface area contributed by atoms with Crippen molar-refractivity contribution in [3.8, 4) is 5.75 Å². The summed E-state index contributed by atoms with van der Waals surface area (Å²) < 4.78 is 66.7. The van der Waals surface area contributed by atoms with Gasteiger partial charge in [-0.25, -0.2) is 23.4 Å². The van der Waals surface area contributed by atoms with Crippen molar-refractivity contribution in [2.24, 2.45) is 0 Å². The highest BCUT2D eigenvalue weighted by molar-refractivity contribution is 5.95. The van der Waals surface area contributed by atoms with Gasteiger partial charge in [-0.3, -0.25) is 9.20 Å². The second-order valence-electron chi connectivity index (χ2n) is 7.40. The number of alkyl halides is 3. The summed E-state index contributed by atoms with van der Waals surface area (Å²) in [6.07, 6.45) is -4.57. The third-order valence-electron chi connectivity index (χ3n) is 4.58. The number of fused-ring (bicyclic) bond motifs is 1. The Balaban J connectivity index is 0.000000604. The molecule has 3 rings (SSSR count). The number of carbonyl (C=O) groups excluding carboxylic acids is 1. The van der Waals surface area contributed by atoms with Gasteiger partial charge in [0.15, 0.2) is 11.4 Å². The Morgan fingerprint density at radius 2 is 1.62 bits per heavy atom. The minimum Gasteiger partial charge on any atom is -0.485 e. The van der Waals surface area contributed by atoms with Crippen LogP contribution in [0.15, 0.2) is 30.5 Å². The number of hydrogen-bond donors (Lipinski definition) is 4. The van der Waals surface area contributed by atoms with Crippen LogP contribution in [0.3, 0.4) is 0 Å². The summed E-state index contributed by atoms with van der Waals surface area (Å²) in [6.45, 7) is 3.24. The summed E-state index contributed by atoms with van der Waals surface area (Å²) in [7, 11) is 0. The van der Waals surface area contributed by atoms with Gasteiger partial charge in [0.05, 0.1) is 11.3 Å². The van der Waals surface area contributed by atoms with Gasteiger partial charge >= 0.3 is 18.2 Å². The Bertz CT molecular complexity index is 1290. The first-order valence-corrected chi connectivity index (χ1v) is 10.3. The van der Waals surface area contributed by atoms with E-state index in [1.807, 2.05) is 0 Å². The molecule has 10 nitrogen and oxygen atoms in total. The summed E-state index contributed by atoms with van der Waals surface area (Å²) in [5.41, 5.74) is 1.54. The maximum atomic E-state index is 13.9. The first-order chi connectivity index (χ1) is 17.2. The number of aliphatic carboxylic acids is 1. The number of ether oxygens (including phenoxy) is 1. The van der Waals surface area contributed by atoms with E-state index in [9.17, 15) is 31.5 Å². The second-order valence-corrected chi connectivity index (χ2v) is 7.40. The van der Waals surface area contributed by atoms with Crippen molar-refractivity contribution >= 4 is 23.6 Å². The monoisotopic (exact) mass is 532 g/mol. The minimum atomic E-state index is -5.08. The lowest BCUT2D eigenvalue weighted by Crippen LogP contribution is -2.34. The molecule has 1 aromatic carbocycles. The number of rotatable bonds is 7. The SMILES string of the molecule is Cc1cc(OCc2c(F)cccc2F)c2nc(C)c(C(=O)NCCNC(=O)O)n2c1.O=C(O)C(F)(F)F. The molecule has 200 valence electrons. The highest BCUT2D eigenvalue weighted by Crippen LogP contribution is 2.26. The maximum absolute atomic E-state index is 13.9. The molecule has 2 amide bonds.